The van der Waals surface area contributed by atoms with Crippen molar-refractivity contribution in [2.24, 2.45) is 0 Å². The van der Waals surface area contributed by atoms with Crippen molar-refractivity contribution in [2.75, 3.05) is 43.4 Å². The summed E-state index contributed by atoms with van der Waals surface area (Å²) in [5.41, 5.74) is 1.66. The van der Waals surface area contributed by atoms with E-state index < -0.39 is 17.8 Å². The van der Waals surface area contributed by atoms with Crippen LogP contribution in [0.5, 0.6) is 0 Å². The largest absolute Gasteiger partial charge is 0.433 e. The molecule has 1 aromatic carbocycles. The number of likely N-dealkylation sites (N-methyl/N-ethyl adjacent to an activating group) is 1. The number of nitrogens with zero attached hydrogens (tertiary/aromatic N) is 3. The molecule has 1 aliphatic heterocycles. The number of piperazine rings is 1. The number of aryl methyl sites for hydroxylation is 1. The normalized spacial score (nSPS) is 15.7. The van der Waals surface area contributed by atoms with Crippen molar-refractivity contribution in [1.29, 1.82) is 0 Å². The third-order valence-corrected chi connectivity index (χ3v) is 4.64. The van der Waals surface area contributed by atoms with Crippen LogP contribution in [0, 0.1) is 6.92 Å². The topological polar surface area (TPSA) is 48.5 Å². The first-order chi connectivity index (χ1) is 12.7. The van der Waals surface area contributed by atoms with Crippen LogP contribution in [0.1, 0.15) is 21.6 Å². The number of halogens is 3. The molecule has 0 radical (unpaired) electrons. The van der Waals surface area contributed by atoms with Gasteiger partial charge in [0.1, 0.15) is 5.69 Å². The van der Waals surface area contributed by atoms with Gasteiger partial charge in [-0.05, 0) is 49.9 Å². The van der Waals surface area contributed by atoms with E-state index in [0.717, 1.165) is 55.8 Å². The first-order valence-electron chi connectivity index (χ1n) is 8.63. The molecule has 0 bridgehead atoms. The number of carbonyl (C=O) groups is 1. The molecule has 3 rings (SSSR count). The lowest BCUT2D eigenvalue weighted by Gasteiger charge is -2.34. The number of rotatable bonds is 3. The second-order valence-corrected chi connectivity index (χ2v) is 6.67. The Morgan fingerprint density at radius 2 is 1.81 bits per heavy atom. The molecule has 5 nitrogen and oxygen atoms in total. The maximum absolute atomic E-state index is 12.6. The van der Waals surface area contributed by atoms with E-state index in [9.17, 15) is 18.0 Å². The molecular formula is C19H21F3N4O. The van der Waals surface area contributed by atoms with Crippen molar-refractivity contribution in [3.63, 3.8) is 0 Å². The number of anilines is 2. The van der Waals surface area contributed by atoms with Gasteiger partial charge in [0.05, 0.1) is 5.56 Å². The third-order valence-electron chi connectivity index (χ3n) is 4.64. The van der Waals surface area contributed by atoms with Crippen LogP contribution in [0.4, 0.5) is 24.5 Å². The highest BCUT2D eigenvalue weighted by Crippen LogP contribution is 2.28. The Morgan fingerprint density at radius 1 is 1.11 bits per heavy atom. The second kappa shape index (κ2) is 7.56. The van der Waals surface area contributed by atoms with Gasteiger partial charge in [0, 0.05) is 43.8 Å². The lowest BCUT2D eigenvalue weighted by molar-refractivity contribution is -0.141. The number of aromatic nitrogens is 1. The van der Waals surface area contributed by atoms with Crippen LogP contribution in [0.15, 0.2) is 36.5 Å². The van der Waals surface area contributed by atoms with Gasteiger partial charge in [0.15, 0.2) is 0 Å². The summed E-state index contributed by atoms with van der Waals surface area (Å²) in [6.45, 7) is 5.77. The molecule has 0 saturated carbocycles. The second-order valence-electron chi connectivity index (χ2n) is 6.67. The predicted molar refractivity (Wildman–Crippen MR) is 98.1 cm³/mol. The van der Waals surface area contributed by atoms with Crippen molar-refractivity contribution >= 4 is 17.3 Å². The van der Waals surface area contributed by atoms with E-state index in [1.807, 2.05) is 25.1 Å². The summed E-state index contributed by atoms with van der Waals surface area (Å²) in [5, 5.41) is 2.73. The summed E-state index contributed by atoms with van der Waals surface area (Å²) in [6.07, 6.45) is -3.59. The maximum atomic E-state index is 12.6. The summed E-state index contributed by atoms with van der Waals surface area (Å²) in [4.78, 5) is 20.2. The minimum Gasteiger partial charge on any atom is -0.369 e. The summed E-state index contributed by atoms with van der Waals surface area (Å²) in [5.74, 6) is -0.494. The average Bonchev–Trinajstić information content (AvgIpc) is 2.63. The van der Waals surface area contributed by atoms with E-state index in [1.165, 1.54) is 0 Å². The zero-order chi connectivity index (χ0) is 19.6. The lowest BCUT2D eigenvalue weighted by Crippen LogP contribution is -2.44. The van der Waals surface area contributed by atoms with Crippen LogP contribution in [0.25, 0.3) is 0 Å². The number of hydrogen-bond donors (Lipinski definition) is 1. The van der Waals surface area contributed by atoms with E-state index in [0.29, 0.717) is 5.69 Å². The molecule has 0 spiro atoms. The molecule has 1 N–H and O–H groups in total. The van der Waals surface area contributed by atoms with Crippen LogP contribution in [0.2, 0.25) is 0 Å². The highest BCUT2D eigenvalue weighted by atomic mass is 19.4. The standard InChI is InChI=1S/C19H21F3N4O/c1-13-11-15(26-9-7-25(2)8-10-26)4-5-16(13)24-18(27)14-3-6-17(23-12-14)19(20,21)22/h3-6,11-12H,7-10H2,1-2H3,(H,24,27). The molecule has 0 unspecified atom stereocenters. The van der Waals surface area contributed by atoms with Crippen LogP contribution >= 0.6 is 0 Å². The minimum absolute atomic E-state index is 0.0746. The third kappa shape index (κ3) is 4.57. The molecular weight excluding hydrogens is 357 g/mol. The van der Waals surface area contributed by atoms with Gasteiger partial charge in [-0.3, -0.25) is 9.78 Å². The summed E-state index contributed by atoms with van der Waals surface area (Å²) in [7, 11) is 2.09. The Morgan fingerprint density at radius 3 is 2.37 bits per heavy atom. The van der Waals surface area contributed by atoms with Crippen molar-refractivity contribution in [3.8, 4) is 0 Å². The SMILES string of the molecule is Cc1cc(N2CCN(C)CC2)ccc1NC(=O)c1ccc(C(F)(F)F)nc1. The van der Waals surface area contributed by atoms with Crippen molar-refractivity contribution in [3.05, 3.63) is 53.3 Å². The number of alkyl halides is 3. The van der Waals surface area contributed by atoms with Gasteiger partial charge in [-0.1, -0.05) is 0 Å². The van der Waals surface area contributed by atoms with Crippen LogP contribution < -0.4 is 10.2 Å². The highest BCUT2D eigenvalue weighted by molar-refractivity contribution is 6.04. The molecule has 0 aliphatic carbocycles. The quantitative estimate of drug-likeness (QED) is 0.889. The number of nitrogens with one attached hydrogen (secondary N) is 1. The molecule has 1 aliphatic rings. The molecule has 1 saturated heterocycles. The molecule has 27 heavy (non-hydrogen) atoms. The molecule has 0 atom stereocenters. The summed E-state index contributed by atoms with van der Waals surface area (Å²) in [6, 6.07) is 7.70. The van der Waals surface area contributed by atoms with E-state index in [4.69, 9.17) is 0 Å². The van der Waals surface area contributed by atoms with E-state index in [1.54, 1.807) is 0 Å². The Kier molecular flexibility index (Phi) is 5.36. The Hall–Kier alpha value is -2.61. The Balaban J connectivity index is 1.69. The molecule has 1 fully saturated rings. The lowest BCUT2D eigenvalue weighted by atomic mass is 10.1. The van der Waals surface area contributed by atoms with Gasteiger partial charge in [0.25, 0.3) is 5.91 Å². The number of benzene rings is 1. The van der Waals surface area contributed by atoms with Crippen molar-refractivity contribution in [1.82, 2.24) is 9.88 Å². The summed E-state index contributed by atoms with van der Waals surface area (Å²) >= 11 is 0. The molecule has 2 heterocycles. The van der Waals surface area contributed by atoms with Gasteiger partial charge in [0.2, 0.25) is 0 Å². The molecule has 2 aromatic rings. The Labute approximate surface area is 155 Å². The number of amides is 1. The van der Waals surface area contributed by atoms with Crippen LogP contribution in [-0.4, -0.2) is 49.0 Å². The van der Waals surface area contributed by atoms with Gasteiger partial charge < -0.3 is 15.1 Å². The molecule has 8 heteroatoms. The molecule has 1 aromatic heterocycles. The van der Waals surface area contributed by atoms with E-state index >= 15 is 0 Å². The zero-order valence-electron chi connectivity index (χ0n) is 15.2. The minimum atomic E-state index is -4.52. The first kappa shape index (κ1) is 19.2. The molecule has 144 valence electrons. The van der Waals surface area contributed by atoms with E-state index in [2.05, 4.69) is 27.1 Å². The Bertz CT molecular complexity index is 813. The fourth-order valence-electron chi connectivity index (χ4n) is 2.94. The van der Waals surface area contributed by atoms with Gasteiger partial charge >= 0.3 is 6.18 Å². The van der Waals surface area contributed by atoms with Crippen LogP contribution in [0.3, 0.4) is 0 Å². The van der Waals surface area contributed by atoms with Crippen LogP contribution in [-0.2, 0) is 6.18 Å². The fourth-order valence-corrected chi connectivity index (χ4v) is 2.94. The monoisotopic (exact) mass is 378 g/mol. The van der Waals surface area contributed by atoms with Gasteiger partial charge in [-0.2, -0.15) is 13.2 Å². The first-order valence-corrected chi connectivity index (χ1v) is 8.63. The average molecular weight is 378 g/mol. The number of hydrogen-bond acceptors (Lipinski definition) is 4. The zero-order valence-corrected chi connectivity index (χ0v) is 15.2. The van der Waals surface area contributed by atoms with Gasteiger partial charge in [-0.25, -0.2) is 0 Å². The predicted octanol–water partition coefficient (Wildman–Crippen LogP) is 3.41. The van der Waals surface area contributed by atoms with E-state index in [-0.39, 0.29) is 5.56 Å². The summed E-state index contributed by atoms with van der Waals surface area (Å²) < 4.78 is 37.7. The van der Waals surface area contributed by atoms with Gasteiger partial charge in [-0.15, -0.1) is 0 Å². The van der Waals surface area contributed by atoms with Crippen molar-refractivity contribution < 1.29 is 18.0 Å². The smallest absolute Gasteiger partial charge is 0.369 e. The fraction of sp³-hybridized carbons (Fsp3) is 0.368. The molecule has 1 amide bonds. The highest BCUT2D eigenvalue weighted by Gasteiger charge is 2.32. The number of pyridine rings is 1. The maximum Gasteiger partial charge on any atom is 0.433 e. The van der Waals surface area contributed by atoms with Crippen molar-refractivity contribution in [2.45, 2.75) is 13.1 Å². The number of carbonyl (C=O) groups excluding carboxylic acids is 1.